The molecular weight excluding hydrogens is 361 g/mol. The molecule has 1 amide bonds. The molecule has 0 atom stereocenters. The fraction of sp³-hybridized carbons (Fsp3) is 0.895. The van der Waals surface area contributed by atoms with E-state index in [-0.39, 0.29) is 30.5 Å². The Morgan fingerprint density at radius 1 is 0.926 bits per heavy atom. The second kappa shape index (κ2) is 8.37. The summed E-state index contributed by atoms with van der Waals surface area (Å²) in [7, 11) is 1.93. The number of amides is 1. The standard InChI is InChI=1S/C19H31F3N2O3/c1-18(2,3)27-16(25)11-12-23(4)13-5-7-14(8-6-13)24(15-9-10-15)17(26)19(20,21)22/h13-15H,5-12H2,1-4H3. The lowest BCUT2D eigenvalue weighted by molar-refractivity contribution is -0.189. The number of carbonyl (C=O) groups excluding carboxylic acids is 2. The number of esters is 1. The SMILES string of the molecule is CN(CCC(=O)OC(C)(C)C)C1CCC(N(C(=O)C(F)(F)F)C2CC2)CC1. The maximum Gasteiger partial charge on any atom is 0.471 e. The third-order valence-electron chi connectivity index (χ3n) is 5.19. The largest absolute Gasteiger partial charge is 0.471 e. The Balaban J connectivity index is 1.81. The molecule has 0 bridgehead atoms. The fourth-order valence-electron chi connectivity index (χ4n) is 3.75. The summed E-state index contributed by atoms with van der Waals surface area (Å²) in [6, 6.07) is -0.363. The molecule has 0 radical (unpaired) electrons. The van der Waals surface area contributed by atoms with Crippen LogP contribution in [0.2, 0.25) is 0 Å². The lowest BCUT2D eigenvalue weighted by Gasteiger charge is -2.40. The average Bonchev–Trinajstić information content (AvgIpc) is 3.36. The van der Waals surface area contributed by atoms with E-state index in [1.165, 1.54) is 0 Å². The molecule has 0 saturated heterocycles. The molecule has 0 aliphatic heterocycles. The number of carbonyl (C=O) groups is 2. The number of rotatable bonds is 6. The maximum absolute atomic E-state index is 12.9. The van der Waals surface area contributed by atoms with Crippen LogP contribution >= 0.6 is 0 Å². The lowest BCUT2D eigenvalue weighted by Crippen LogP contribution is -2.51. The first-order valence-corrected chi connectivity index (χ1v) is 9.70. The molecule has 8 heteroatoms. The van der Waals surface area contributed by atoms with E-state index in [1.54, 1.807) is 0 Å². The van der Waals surface area contributed by atoms with Gasteiger partial charge in [-0.1, -0.05) is 0 Å². The molecule has 2 aliphatic rings. The van der Waals surface area contributed by atoms with Crippen molar-refractivity contribution in [1.29, 1.82) is 0 Å². The van der Waals surface area contributed by atoms with Gasteiger partial charge in [0.25, 0.3) is 0 Å². The van der Waals surface area contributed by atoms with Crippen LogP contribution < -0.4 is 0 Å². The van der Waals surface area contributed by atoms with Crippen molar-refractivity contribution >= 4 is 11.9 Å². The first-order valence-electron chi connectivity index (χ1n) is 9.70. The minimum absolute atomic E-state index is 0.214. The van der Waals surface area contributed by atoms with Gasteiger partial charge in [-0.3, -0.25) is 9.59 Å². The van der Waals surface area contributed by atoms with Crippen LogP contribution in [0.15, 0.2) is 0 Å². The van der Waals surface area contributed by atoms with Gasteiger partial charge in [-0.25, -0.2) is 0 Å². The zero-order chi connectivity index (χ0) is 20.4. The average molecular weight is 392 g/mol. The summed E-state index contributed by atoms with van der Waals surface area (Å²) in [6.07, 6.45) is -0.597. The first kappa shape index (κ1) is 22.0. The van der Waals surface area contributed by atoms with Crippen molar-refractivity contribution in [2.24, 2.45) is 0 Å². The quantitative estimate of drug-likeness (QED) is 0.649. The van der Waals surface area contributed by atoms with Gasteiger partial charge in [-0.05, 0) is 66.3 Å². The number of halogens is 3. The van der Waals surface area contributed by atoms with E-state index in [0.29, 0.717) is 32.2 Å². The van der Waals surface area contributed by atoms with Crippen LogP contribution in [0.5, 0.6) is 0 Å². The zero-order valence-corrected chi connectivity index (χ0v) is 16.6. The van der Waals surface area contributed by atoms with E-state index in [1.807, 2.05) is 27.8 Å². The van der Waals surface area contributed by atoms with E-state index in [9.17, 15) is 22.8 Å². The van der Waals surface area contributed by atoms with Gasteiger partial charge >= 0.3 is 18.1 Å². The Labute approximate surface area is 159 Å². The molecule has 0 aromatic carbocycles. The summed E-state index contributed by atoms with van der Waals surface area (Å²) in [4.78, 5) is 26.8. The van der Waals surface area contributed by atoms with Gasteiger partial charge in [0.1, 0.15) is 5.60 Å². The van der Waals surface area contributed by atoms with Gasteiger partial charge in [0.2, 0.25) is 0 Å². The molecule has 2 saturated carbocycles. The zero-order valence-electron chi connectivity index (χ0n) is 16.6. The molecule has 0 unspecified atom stereocenters. The third kappa shape index (κ3) is 6.66. The van der Waals surface area contributed by atoms with E-state index in [4.69, 9.17) is 4.74 Å². The maximum atomic E-state index is 12.9. The molecule has 2 rings (SSSR count). The summed E-state index contributed by atoms with van der Waals surface area (Å²) in [5.41, 5.74) is -0.509. The van der Waals surface area contributed by atoms with Gasteiger partial charge in [0.05, 0.1) is 6.42 Å². The topological polar surface area (TPSA) is 49.9 Å². The minimum atomic E-state index is -4.80. The summed E-state index contributed by atoms with van der Waals surface area (Å²) in [5, 5.41) is 0. The molecule has 0 spiro atoms. The first-order chi connectivity index (χ1) is 12.4. The van der Waals surface area contributed by atoms with Crippen LogP contribution in [0.4, 0.5) is 13.2 Å². The molecular formula is C19H31F3N2O3. The number of hydrogen-bond acceptors (Lipinski definition) is 4. The smallest absolute Gasteiger partial charge is 0.460 e. The molecule has 0 aromatic heterocycles. The second-order valence-electron chi connectivity index (χ2n) is 8.72. The van der Waals surface area contributed by atoms with Crippen LogP contribution in [0.25, 0.3) is 0 Å². The Morgan fingerprint density at radius 3 is 1.78 bits per heavy atom. The summed E-state index contributed by atoms with van der Waals surface area (Å²) in [6.45, 7) is 6.02. The van der Waals surface area contributed by atoms with Crippen molar-refractivity contribution in [2.45, 2.75) is 95.6 Å². The number of nitrogens with zero attached hydrogens (tertiary/aromatic N) is 2. The van der Waals surface area contributed by atoms with E-state index >= 15 is 0 Å². The van der Waals surface area contributed by atoms with Crippen LogP contribution in [0.1, 0.15) is 65.7 Å². The Bertz CT molecular complexity index is 533. The summed E-state index contributed by atoms with van der Waals surface area (Å²) < 4.78 is 44.0. The molecule has 0 heterocycles. The van der Waals surface area contributed by atoms with E-state index < -0.39 is 17.7 Å². The van der Waals surface area contributed by atoms with Crippen molar-refractivity contribution in [3.63, 3.8) is 0 Å². The Kier molecular flexibility index (Phi) is 6.81. The van der Waals surface area contributed by atoms with E-state index in [2.05, 4.69) is 4.90 Å². The minimum Gasteiger partial charge on any atom is -0.460 e. The van der Waals surface area contributed by atoms with Crippen LogP contribution in [-0.4, -0.2) is 65.2 Å². The number of alkyl halides is 3. The molecule has 27 heavy (non-hydrogen) atoms. The molecule has 156 valence electrons. The molecule has 2 fully saturated rings. The monoisotopic (exact) mass is 392 g/mol. The predicted molar refractivity (Wildman–Crippen MR) is 95.1 cm³/mol. The normalized spacial score (nSPS) is 24.0. The van der Waals surface area contributed by atoms with Crippen molar-refractivity contribution in [3.8, 4) is 0 Å². The second-order valence-corrected chi connectivity index (χ2v) is 8.72. The Morgan fingerprint density at radius 2 is 1.37 bits per heavy atom. The summed E-state index contributed by atoms with van der Waals surface area (Å²) >= 11 is 0. The van der Waals surface area contributed by atoms with Gasteiger partial charge in [0, 0.05) is 24.7 Å². The van der Waals surface area contributed by atoms with Gasteiger partial charge in [-0.2, -0.15) is 13.2 Å². The predicted octanol–water partition coefficient (Wildman–Crippen LogP) is 3.51. The van der Waals surface area contributed by atoms with E-state index in [0.717, 1.165) is 17.7 Å². The van der Waals surface area contributed by atoms with Crippen molar-refractivity contribution in [3.05, 3.63) is 0 Å². The van der Waals surface area contributed by atoms with Crippen molar-refractivity contribution in [2.75, 3.05) is 13.6 Å². The summed E-state index contributed by atoms with van der Waals surface area (Å²) in [5.74, 6) is -1.94. The fourth-order valence-corrected chi connectivity index (χ4v) is 3.75. The molecule has 0 N–H and O–H groups in total. The molecule has 0 aromatic rings. The highest BCUT2D eigenvalue weighted by Crippen LogP contribution is 2.37. The van der Waals surface area contributed by atoms with Crippen molar-refractivity contribution in [1.82, 2.24) is 9.80 Å². The highest BCUT2D eigenvalue weighted by Gasteiger charge is 2.49. The van der Waals surface area contributed by atoms with Crippen LogP contribution in [-0.2, 0) is 14.3 Å². The number of hydrogen-bond donors (Lipinski definition) is 0. The molecule has 2 aliphatic carbocycles. The van der Waals surface area contributed by atoms with Crippen LogP contribution in [0.3, 0.4) is 0 Å². The third-order valence-corrected chi connectivity index (χ3v) is 5.19. The van der Waals surface area contributed by atoms with Crippen LogP contribution in [0, 0.1) is 0 Å². The number of ether oxygens (including phenoxy) is 1. The molecule has 5 nitrogen and oxygen atoms in total. The van der Waals surface area contributed by atoms with Gasteiger partial charge < -0.3 is 14.5 Å². The Hall–Kier alpha value is -1.31. The van der Waals surface area contributed by atoms with Gasteiger partial charge in [0.15, 0.2) is 0 Å². The van der Waals surface area contributed by atoms with Gasteiger partial charge in [-0.15, -0.1) is 0 Å². The highest BCUT2D eigenvalue weighted by molar-refractivity contribution is 5.82. The lowest BCUT2D eigenvalue weighted by atomic mass is 9.89. The highest BCUT2D eigenvalue weighted by atomic mass is 19.4. The van der Waals surface area contributed by atoms with Crippen molar-refractivity contribution < 1.29 is 27.5 Å².